The van der Waals surface area contributed by atoms with Gasteiger partial charge in [0.25, 0.3) is 5.69 Å². The second-order valence-corrected chi connectivity index (χ2v) is 11.4. The molecule has 3 rings (SSSR count). The first-order valence-corrected chi connectivity index (χ1v) is 15.0. The molecule has 0 radical (unpaired) electrons. The fourth-order valence-corrected chi connectivity index (χ4v) is 5.16. The third-order valence-corrected chi connectivity index (χ3v) is 7.57. The molecule has 0 aliphatic rings. The van der Waals surface area contributed by atoms with Crippen molar-refractivity contribution in [3.05, 3.63) is 99.9 Å². The summed E-state index contributed by atoms with van der Waals surface area (Å²) in [5, 5.41) is 14.2. The molecule has 42 heavy (non-hydrogen) atoms. The van der Waals surface area contributed by atoms with E-state index in [1.54, 1.807) is 36.4 Å². The van der Waals surface area contributed by atoms with Crippen molar-refractivity contribution in [1.82, 2.24) is 10.2 Å². The number of nitrogens with one attached hydrogen (secondary N) is 1. The van der Waals surface area contributed by atoms with Gasteiger partial charge in [0.2, 0.25) is 21.8 Å². The molecule has 3 aromatic carbocycles. The summed E-state index contributed by atoms with van der Waals surface area (Å²) in [6.45, 7) is 1.01. The quantitative estimate of drug-likeness (QED) is 0.220. The molecule has 2 amide bonds. The number of methoxy groups -OCH3 is 1. The number of carbonyl (C=O) groups is 2. The number of nitrogens with zero attached hydrogens (tertiary/aromatic N) is 3. The van der Waals surface area contributed by atoms with Crippen LogP contribution >= 0.6 is 0 Å². The van der Waals surface area contributed by atoms with Crippen molar-refractivity contribution in [3.63, 3.8) is 0 Å². The summed E-state index contributed by atoms with van der Waals surface area (Å²) in [5.74, 6) is -1.96. The van der Waals surface area contributed by atoms with Gasteiger partial charge in [0.15, 0.2) is 0 Å². The molecule has 0 aliphatic carbocycles. The molecule has 1 atom stereocenters. The minimum Gasteiger partial charge on any atom is -0.495 e. The van der Waals surface area contributed by atoms with Gasteiger partial charge >= 0.3 is 0 Å². The first kappa shape index (κ1) is 32.0. The Morgan fingerprint density at radius 3 is 2.33 bits per heavy atom. The normalized spacial score (nSPS) is 11.8. The topological polar surface area (TPSA) is 139 Å². The summed E-state index contributed by atoms with van der Waals surface area (Å²) < 4.78 is 46.7. The van der Waals surface area contributed by atoms with E-state index in [0.717, 1.165) is 28.9 Å². The van der Waals surface area contributed by atoms with E-state index < -0.39 is 50.9 Å². The van der Waals surface area contributed by atoms with Gasteiger partial charge in [-0.25, -0.2) is 12.8 Å². The third-order valence-electron chi connectivity index (χ3n) is 6.44. The number of carbonyl (C=O) groups excluding carboxylic acids is 2. The number of sulfonamides is 1. The largest absolute Gasteiger partial charge is 0.495 e. The second-order valence-electron chi connectivity index (χ2n) is 9.49. The number of nitro groups is 1. The van der Waals surface area contributed by atoms with Crippen molar-refractivity contribution in [3.8, 4) is 5.75 Å². The summed E-state index contributed by atoms with van der Waals surface area (Å²) in [6.07, 6.45) is 1.53. The van der Waals surface area contributed by atoms with Gasteiger partial charge in [-0.3, -0.25) is 24.0 Å². The average Bonchev–Trinajstić information content (AvgIpc) is 2.96. The van der Waals surface area contributed by atoms with Crippen LogP contribution in [-0.2, 0) is 32.6 Å². The molecule has 0 saturated heterocycles. The molecule has 13 heteroatoms. The van der Waals surface area contributed by atoms with Crippen LogP contribution in [0, 0.1) is 15.9 Å². The van der Waals surface area contributed by atoms with Gasteiger partial charge in [-0.05, 0) is 24.1 Å². The Labute approximate surface area is 244 Å². The minimum absolute atomic E-state index is 0.0268. The molecule has 0 bridgehead atoms. The van der Waals surface area contributed by atoms with E-state index in [2.05, 4.69) is 5.32 Å². The Balaban J connectivity index is 2.12. The maximum Gasteiger partial charge on any atom is 0.271 e. The van der Waals surface area contributed by atoms with Crippen LogP contribution in [0.25, 0.3) is 0 Å². The van der Waals surface area contributed by atoms with Gasteiger partial charge in [0, 0.05) is 37.2 Å². The standard InChI is InChI=1S/C29H33FN4O7S/c1-4-16-31-29(36)26(17-21-10-6-5-7-11-21)32(19-22-12-8-9-13-24(22)30)28(35)20-33(42(3,39)40)25-18-23(34(37)38)14-15-27(25)41-2/h5-15,18,26H,4,16-17,19-20H2,1-3H3,(H,31,36). The van der Waals surface area contributed by atoms with Crippen molar-refractivity contribution >= 4 is 33.2 Å². The Hall–Kier alpha value is -4.52. The van der Waals surface area contributed by atoms with Crippen LogP contribution in [-0.4, -0.2) is 62.6 Å². The molecule has 0 aromatic heterocycles. The third kappa shape index (κ3) is 8.26. The predicted molar refractivity (Wildman–Crippen MR) is 156 cm³/mol. The lowest BCUT2D eigenvalue weighted by Gasteiger charge is -2.33. The molecule has 0 saturated carbocycles. The fourth-order valence-electron chi connectivity index (χ4n) is 4.31. The zero-order valence-corrected chi connectivity index (χ0v) is 24.3. The maximum absolute atomic E-state index is 14.8. The highest BCUT2D eigenvalue weighted by Gasteiger charge is 2.34. The van der Waals surface area contributed by atoms with Gasteiger partial charge in [-0.1, -0.05) is 55.5 Å². The van der Waals surface area contributed by atoms with E-state index in [0.29, 0.717) is 17.3 Å². The lowest BCUT2D eigenvalue weighted by molar-refractivity contribution is -0.384. The van der Waals surface area contributed by atoms with E-state index in [-0.39, 0.29) is 30.0 Å². The van der Waals surface area contributed by atoms with E-state index in [4.69, 9.17) is 4.74 Å². The number of non-ortho nitro benzene ring substituents is 1. The molecule has 224 valence electrons. The number of benzene rings is 3. The van der Waals surface area contributed by atoms with Crippen LogP contribution in [0.15, 0.2) is 72.8 Å². The Morgan fingerprint density at radius 2 is 1.74 bits per heavy atom. The van der Waals surface area contributed by atoms with Crippen LogP contribution in [0.1, 0.15) is 24.5 Å². The van der Waals surface area contributed by atoms with E-state index in [1.165, 1.54) is 31.4 Å². The number of ether oxygens (including phenoxy) is 1. The van der Waals surface area contributed by atoms with Gasteiger partial charge in [-0.2, -0.15) is 0 Å². The summed E-state index contributed by atoms with van der Waals surface area (Å²) in [5.41, 5.74) is 0.186. The molecule has 11 nitrogen and oxygen atoms in total. The van der Waals surface area contributed by atoms with E-state index in [1.807, 2.05) is 6.92 Å². The van der Waals surface area contributed by atoms with Crippen molar-refractivity contribution < 1.29 is 32.1 Å². The van der Waals surface area contributed by atoms with Crippen LogP contribution in [0.3, 0.4) is 0 Å². The molecular weight excluding hydrogens is 567 g/mol. The fraction of sp³-hybridized carbons (Fsp3) is 0.310. The van der Waals surface area contributed by atoms with Gasteiger partial charge in [-0.15, -0.1) is 0 Å². The zero-order chi connectivity index (χ0) is 30.9. The number of rotatable bonds is 14. The van der Waals surface area contributed by atoms with Crippen LogP contribution in [0.5, 0.6) is 5.75 Å². The smallest absolute Gasteiger partial charge is 0.271 e. The maximum atomic E-state index is 14.8. The van der Waals surface area contributed by atoms with Crippen LogP contribution in [0.2, 0.25) is 0 Å². The van der Waals surface area contributed by atoms with Crippen LogP contribution in [0.4, 0.5) is 15.8 Å². The predicted octanol–water partition coefficient (Wildman–Crippen LogP) is 3.67. The summed E-state index contributed by atoms with van der Waals surface area (Å²) in [4.78, 5) is 39.4. The Kier molecular flexibility index (Phi) is 11.0. The van der Waals surface area contributed by atoms with Crippen molar-refractivity contribution in [2.24, 2.45) is 0 Å². The highest BCUT2D eigenvalue weighted by atomic mass is 32.2. The van der Waals surface area contributed by atoms with Gasteiger partial charge in [0.05, 0.1) is 18.3 Å². The Bertz CT molecular complexity index is 1520. The van der Waals surface area contributed by atoms with Crippen molar-refractivity contribution in [2.75, 3.05) is 30.8 Å². The number of hydrogen-bond acceptors (Lipinski definition) is 7. The van der Waals surface area contributed by atoms with Gasteiger partial charge in [0.1, 0.15) is 29.8 Å². The molecule has 3 aromatic rings. The number of anilines is 1. The monoisotopic (exact) mass is 600 g/mol. The number of amides is 2. The SMILES string of the molecule is CCCNC(=O)C(Cc1ccccc1)N(Cc1ccccc1F)C(=O)CN(c1cc([N+](=O)[O-])ccc1OC)S(C)(=O)=O. The number of nitro benzene ring substituents is 1. The molecule has 0 aliphatic heterocycles. The minimum atomic E-state index is -4.21. The van der Waals surface area contributed by atoms with E-state index >= 15 is 0 Å². The molecular formula is C29H33FN4O7S. The zero-order valence-electron chi connectivity index (χ0n) is 23.5. The lowest BCUT2D eigenvalue weighted by Crippen LogP contribution is -2.53. The first-order chi connectivity index (χ1) is 20.0. The number of halogens is 1. The Morgan fingerprint density at radius 1 is 1.07 bits per heavy atom. The second kappa shape index (κ2) is 14.4. The summed E-state index contributed by atoms with van der Waals surface area (Å²) in [6, 6.07) is 16.9. The lowest BCUT2D eigenvalue weighted by atomic mass is 10.0. The number of hydrogen-bond donors (Lipinski definition) is 1. The van der Waals surface area contributed by atoms with Crippen molar-refractivity contribution in [2.45, 2.75) is 32.4 Å². The molecule has 0 heterocycles. The average molecular weight is 601 g/mol. The molecule has 0 fully saturated rings. The van der Waals surface area contributed by atoms with E-state index in [9.17, 15) is 32.5 Å². The highest BCUT2D eigenvalue weighted by Crippen LogP contribution is 2.34. The van der Waals surface area contributed by atoms with Gasteiger partial charge < -0.3 is 15.0 Å². The van der Waals surface area contributed by atoms with Crippen LogP contribution < -0.4 is 14.4 Å². The summed E-state index contributed by atoms with van der Waals surface area (Å²) in [7, 11) is -2.96. The highest BCUT2D eigenvalue weighted by molar-refractivity contribution is 7.92. The molecule has 0 spiro atoms. The summed E-state index contributed by atoms with van der Waals surface area (Å²) >= 11 is 0. The first-order valence-electron chi connectivity index (χ1n) is 13.1. The molecule has 1 unspecified atom stereocenters. The van der Waals surface area contributed by atoms with Crippen molar-refractivity contribution in [1.29, 1.82) is 0 Å². The molecule has 1 N–H and O–H groups in total.